The summed E-state index contributed by atoms with van der Waals surface area (Å²) in [5.74, 6) is -1.10. The molecule has 0 saturated carbocycles. The number of hydrogen-bond acceptors (Lipinski definition) is 5. The molecule has 1 fully saturated rings. The Bertz CT molecular complexity index is 640. The number of rotatable bonds is 7. The van der Waals surface area contributed by atoms with Gasteiger partial charge in [0.2, 0.25) is 0 Å². The van der Waals surface area contributed by atoms with E-state index in [1.54, 1.807) is 0 Å². The minimum atomic E-state index is -4.45. The lowest BCUT2D eigenvalue weighted by Gasteiger charge is -2.35. The molecular weight excluding hydrogens is 389 g/mol. The lowest BCUT2D eigenvalue weighted by Crippen LogP contribution is -2.57. The fraction of sp³-hybridized carbons (Fsp3) is 0.500. The number of primary amides is 1. The summed E-state index contributed by atoms with van der Waals surface area (Å²) >= 11 is 0. The van der Waals surface area contributed by atoms with Gasteiger partial charge in [0.15, 0.2) is 6.61 Å². The van der Waals surface area contributed by atoms with Crippen LogP contribution in [0, 0.1) is 0 Å². The molecule has 7 nitrogen and oxygen atoms in total. The highest BCUT2D eigenvalue weighted by Gasteiger charge is 2.43. The van der Waals surface area contributed by atoms with E-state index < -0.39 is 30.6 Å². The minimum absolute atomic E-state index is 0. The maximum absolute atomic E-state index is 13.3. The zero-order valence-corrected chi connectivity index (χ0v) is 15.2. The van der Waals surface area contributed by atoms with E-state index in [4.69, 9.17) is 10.5 Å². The van der Waals surface area contributed by atoms with E-state index in [9.17, 15) is 22.8 Å². The van der Waals surface area contributed by atoms with E-state index in [2.05, 4.69) is 10.6 Å². The summed E-state index contributed by atoms with van der Waals surface area (Å²) in [7, 11) is 0. The molecule has 152 valence electrons. The SMILES string of the molecule is Cl.NC(=O)COc1cccc(C(=O)NCC(N2CCNCC2)C(F)(F)F)c1. The monoisotopic (exact) mass is 410 g/mol. The second-order valence-electron chi connectivity index (χ2n) is 5.84. The van der Waals surface area contributed by atoms with Crippen molar-refractivity contribution in [3.63, 3.8) is 0 Å². The smallest absolute Gasteiger partial charge is 0.405 e. The molecule has 1 aromatic carbocycles. The topological polar surface area (TPSA) is 96.7 Å². The molecule has 1 aliphatic heterocycles. The van der Waals surface area contributed by atoms with Crippen molar-refractivity contribution in [2.75, 3.05) is 39.3 Å². The van der Waals surface area contributed by atoms with Crippen molar-refractivity contribution < 1.29 is 27.5 Å². The van der Waals surface area contributed by atoms with Gasteiger partial charge >= 0.3 is 6.18 Å². The molecule has 0 radical (unpaired) electrons. The Hall–Kier alpha value is -2.04. The van der Waals surface area contributed by atoms with E-state index in [0.717, 1.165) is 0 Å². The molecule has 0 aromatic heterocycles. The summed E-state index contributed by atoms with van der Waals surface area (Å²) in [5.41, 5.74) is 5.10. The van der Waals surface area contributed by atoms with Crippen LogP contribution in [0.15, 0.2) is 24.3 Å². The Kier molecular flexibility index (Phi) is 8.80. The van der Waals surface area contributed by atoms with Crippen LogP contribution in [0.25, 0.3) is 0 Å². The fourth-order valence-corrected chi connectivity index (χ4v) is 2.62. The summed E-state index contributed by atoms with van der Waals surface area (Å²) in [6.07, 6.45) is -4.45. The van der Waals surface area contributed by atoms with Crippen molar-refractivity contribution in [1.29, 1.82) is 0 Å². The van der Waals surface area contributed by atoms with Gasteiger partial charge in [-0.3, -0.25) is 14.5 Å². The Labute approximate surface area is 160 Å². The molecule has 1 aliphatic rings. The number of nitrogens with two attached hydrogens (primary N) is 1. The molecule has 1 heterocycles. The summed E-state index contributed by atoms with van der Waals surface area (Å²) in [4.78, 5) is 24.2. The molecule has 0 bridgehead atoms. The highest BCUT2D eigenvalue weighted by atomic mass is 35.5. The summed E-state index contributed by atoms with van der Waals surface area (Å²) < 4.78 is 45.0. The maximum Gasteiger partial charge on any atom is 0.405 e. The first-order chi connectivity index (χ1) is 12.3. The number of hydrogen-bond donors (Lipinski definition) is 3. The van der Waals surface area contributed by atoms with Gasteiger partial charge in [-0.1, -0.05) is 6.07 Å². The van der Waals surface area contributed by atoms with Crippen LogP contribution < -0.4 is 21.1 Å². The van der Waals surface area contributed by atoms with E-state index in [0.29, 0.717) is 13.1 Å². The van der Waals surface area contributed by atoms with Gasteiger partial charge in [-0.25, -0.2) is 0 Å². The van der Waals surface area contributed by atoms with Crippen LogP contribution in [0.4, 0.5) is 13.2 Å². The van der Waals surface area contributed by atoms with E-state index in [1.807, 2.05) is 0 Å². The molecule has 27 heavy (non-hydrogen) atoms. The zero-order valence-electron chi connectivity index (χ0n) is 14.4. The van der Waals surface area contributed by atoms with Crippen LogP contribution in [-0.2, 0) is 4.79 Å². The van der Waals surface area contributed by atoms with Gasteiger partial charge in [0.05, 0.1) is 0 Å². The largest absolute Gasteiger partial charge is 0.484 e. The first-order valence-corrected chi connectivity index (χ1v) is 8.08. The normalized spacial score (nSPS) is 16.1. The molecule has 11 heteroatoms. The molecule has 2 amide bonds. The second kappa shape index (κ2) is 10.3. The number of nitrogens with zero attached hydrogens (tertiary/aromatic N) is 1. The molecule has 0 aliphatic carbocycles. The Morgan fingerprint density at radius 1 is 1.30 bits per heavy atom. The van der Waals surface area contributed by atoms with Crippen molar-refractivity contribution in [3.8, 4) is 5.75 Å². The van der Waals surface area contributed by atoms with Gasteiger partial charge in [0, 0.05) is 38.3 Å². The first kappa shape index (κ1) is 23.0. The fourth-order valence-electron chi connectivity index (χ4n) is 2.62. The molecule has 1 aromatic rings. The van der Waals surface area contributed by atoms with Crippen LogP contribution >= 0.6 is 12.4 Å². The van der Waals surface area contributed by atoms with Crippen LogP contribution in [0.1, 0.15) is 10.4 Å². The number of nitrogens with one attached hydrogen (secondary N) is 2. The predicted molar refractivity (Wildman–Crippen MR) is 95.0 cm³/mol. The number of halogens is 4. The number of carbonyl (C=O) groups excluding carboxylic acids is 2. The van der Waals surface area contributed by atoms with Crippen LogP contribution in [-0.4, -0.2) is 68.3 Å². The first-order valence-electron chi connectivity index (χ1n) is 8.08. The third-order valence-electron chi connectivity index (χ3n) is 3.90. The Balaban J connectivity index is 0.00000364. The summed E-state index contributed by atoms with van der Waals surface area (Å²) in [6.45, 7) is 0.561. The van der Waals surface area contributed by atoms with Crippen molar-refractivity contribution in [1.82, 2.24) is 15.5 Å². The molecule has 0 spiro atoms. The lowest BCUT2D eigenvalue weighted by atomic mass is 10.1. The minimum Gasteiger partial charge on any atom is -0.484 e. The van der Waals surface area contributed by atoms with Gasteiger partial charge in [0.1, 0.15) is 11.8 Å². The Morgan fingerprint density at radius 2 is 1.96 bits per heavy atom. The lowest BCUT2D eigenvalue weighted by molar-refractivity contribution is -0.183. The number of ether oxygens (including phenoxy) is 1. The third kappa shape index (κ3) is 7.24. The van der Waals surface area contributed by atoms with E-state index in [-0.39, 0.29) is 43.4 Å². The molecule has 1 unspecified atom stereocenters. The number of amides is 2. The summed E-state index contributed by atoms with van der Waals surface area (Å²) in [5, 5.41) is 5.32. The number of carbonyl (C=O) groups is 2. The number of piperazine rings is 1. The Morgan fingerprint density at radius 3 is 2.56 bits per heavy atom. The average molecular weight is 411 g/mol. The standard InChI is InChI=1S/C16H21F3N4O3.ClH/c17-16(18,19)13(23-6-4-21-5-7-23)9-22-15(25)11-2-1-3-12(8-11)26-10-14(20)24;/h1-3,8,13,21H,4-7,9-10H2,(H2,20,24)(H,22,25);1H. The molecule has 4 N–H and O–H groups in total. The van der Waals surface area contributed by atoms with Crippen LogP contribution in [0.2, 0.25) is 0 Å². The third-order valence-corrected chi connectivity index (χ3v) is 3.90. The number of alkyl halides is 3. The quantitative estimate of drug-likeness (QED) is 0.609. The highest BCUT2D eigenvalue weighted by Crippen LogP contribution is 2.25. The highest BCUT2D eigenvalue weighted by molar-refractivity contribution is 5.94. The van der Waals surface area contributed by atoms with Crippen molar-refractivity contribution in [2.24, 2.45) is 5.73 Å². The van der Waals surface area contributed by atoms with E-state index >= 15 is 0 Å². The van der Waals surface area contributed by atoms with Crippen LogP contribution in [0.5, 0.6) is 5.75 Å². The van der Waals surface area contributed by atoms with Crippen molar-refractivity contribution in [3.05, 3.63) is 29.8 Å². The molecule has 1 saturated heterocycles. The molecule has 1 atom stereocenters. The van der Waals surface area contributed by atoms with Gasteiger partial charge < -0.3 is 21.1 Å². The van der Waals surface area contributed by atoms with E-state index in [1.165, 1.54) is 29.2 Å². The second-order valence-corrected chi connectivity index (χ2v) is 5.84. The van der Waals surface area contributed by atoms with Gasteiger partial charge in [-0.2, -0.15) is 13.2 Å². The van der Waals surface area contributed by atoms with Crippen molar-refractivity contribution in [2.45, 2.75) is 12.2 Å². The molecule has 2 rings (SSSR count). The van der Waals surface area contributed by atoms with Gasteiger partial charge in [0.25, 0.3) is 11.8 Å². The summed E-state index contributed by atoms with van der Waals surface area (Å²) in [6, 6.07) is 4.05. The van der Waals surface area contributed by atoms with Gasteiger partial charge in [-0.05, 0) is 18.2 Å². The molecular formula is C16H22ClF3N4O3. The maximum atomic E-state index is 13.3. The van der Waals surface area contributed by atoms with Crippen molar-refractivity contribution >= 4 is 24.2 Å². The van der Waals surface area contributed by atoms with Gasteiger partial charge in [-0.15, -0.1) is 12.4 Å². The zero-order chi connectivity index (χ0) is 19.2. The van der Waals surface area contributed by atoms with Crippen LogP contribution in [0.3, 0.4) is 0 Å². The number of benzene rings is 1. The average Bonchev–Trinajstić information content (AvgIpc) is 2.60. The predicted octanol–water partition coefficient (Wildman–Crippen LogP) is 0.538.